The molecule has 194 valence electrons. The predicted molar refractivity (Wildman–Crippen MR) is 151 cm³/mol. The Morgan fingerprint density at radius 2 is 1.48 bits per heavy atom. The van der Waals surface area contributed by atoms with Crippen molar-refractivity contribution in [3.8, 4) is 5.75 Å². The number of fused-ring (bicyclic) bond motifs is 1. The topological polar surface area (TPSA) is 92.2 Å². The van der Waals surface area contributed by atoms with Crippen molar-refractivity contribution in [1.29, 1.82) is 0 Å². The van der Waals surface area contributed by atoms with Crippen LogP contribution in [0.3, 0.4) is 0 Å². The molecule has 0 saturated carbocycles. The molecule has 0 fully saturated rings. The Kier molecular flexibility index (Phi) is 9.66. The van der Waals surface area contributed by atoms with Crippen LogP contribution in [0.2, 0.25) is 0 Å². The summed E-state index contributed by atoms with van der Waals surface area (Å²) in [6.45, 7) is 4.32. The molecule has 0 saturated heterocycles. The first-order valence-corrected chi connectivity index (χ1v) is 13.2. The zero-order valence-corrected chi connectivity index (χ0v) is 25.3. The fourth-order valence-electron chi connectivity index (χ4n) is 4.34. The number of ether oxygens (including phenoxy) is 1. The molecule has 5 aromatic rings. The van der Waals surface area contributed by atoms with Crippen LogP contribution < -0.4 is 39.4 Å². The van der Waals surface area contributed by atoms with E-state index < -0.39 is 5.97 Å². The Balaban J connectivity index is 0.00000370. The molecule has 4 aromatic carbocycles. The Morgan fingerprint density at radius 3 is 2.17 bits per heavy atom. The van der Waals surface area contributed by atoms with Crippen molar-refractivity contribution < 1.29 is 49.0 Å². The van der Waals surface area contributed by atoms with Crippen molar-refractivity contribution in [3.05, 3.63) is 130 Å². The van der Waals surface area contributed by atoms with Gasteiger partial charge >= 0.3 is 29.6 Å². The maximum absolute atomic E-state index is 13.9. The third-order valence-electron chi connectivity index (χ3n) is 6.64. The summed E-state index contributed by atoms with van der Waals surface area (Å²) in [5.41, 5.74) is 5.80. The summed E-state index contributed by atoms with van der Waals surface area (Å²) in [4.78, 5) is 26.4. The summed E-state index contributed by atoms with van der Waals surface area (Å²) in [6, 6.07) is 27.5. The molecular weight excluding hydrogens is 531 g/mol. The Labute approximate surface area is 259 Å². The molecule has 0 bridgehead atoms. The van der Waals surface area contributed by atoms with Gasteiger partial charge in [-0.2, -0.15) is 8.75 Å². The minimum absolute atomic E-state index is 0. The van der Waals surface area contributed by atoms with E-state index in [0.717, 1.165) is 34.0 Å². The van der Waals surface area contributed by atoms with Crippen molar-refractivity contribution in [2.24, 2.45) is 0 Å². The smallest absolute Gasteiger partial charge is 0.545 e. The normalized spacial score (nSPS) is 11.4. The number of nitrogens with zero attached hydrogens (tertiary/aromatic N) is 2. The Morgan fingerprint density at radius 1 is 0.775 bits per heavy atom. The van der Waals surface area contributed by atoms with E-state index in [1.807, 2.05) is 74.5 Å². The summed E-state index contributed by atoms with van der Waals surface area (Å²) in [5.74, 6) is -1.11. The summed E-state index contributed by atoms with van der Waals surface area (Å²) in [5, 5.41) is 12.6. The molecular formula is C32H25N2NaO4S. The SMILES string of the molecule is Cc1ccc(C(=O)C(Cc2ccc(OCc3ccccc3)cc2)=C(C(=O)[O-])c2ccc3nsnc3c2)cc1C.[Na+]. The molecule has 0 aliphatic rings. The number of aromatic nitrogens is 2. The summed E-state index contributed by atoms with van der Waals surface area (Å²) in [6.07, 6.45) is 0.0986. The number of aryl methyl sites for hydroxylation is 2. The van der Waals surface area contributed by atoms with Gasteiger partial charge < -0.3 is 14.6 Å². The summed E-state index contributed by atoms with van der Waals surface area (Å²) in [7, 11) is 0. The molecule has 0 spiro atoms. The predicted octanol–water partition coefficient (Wildman–Crippen LogP) is 2.52. The van der Waals surface area contributed by atoms with E-state index in [1.165, 1.54) is 0 Å². The zero-order chi connectivity index (χ0) is 27.4. The van der Waals surface area contributed by atoms with Crippen LogP contribution in [0.1, 0.15) is 38.2 Å². The maximum atomic E-state index is 13.9. The number of carbonyl (C=O) groups is 2. The van der Waals surface area contributed by atoms with Crippen LogP contribution >= 0.6 is 11.7 Å². The van der Waals surface area contributed by atoms with Crippen LogP contribution in [-0.2, 0) is 17.8 Å². The standard InChI is InChI=1S/C32H26N2O4S.Na/c1-20-8-11-25(16-21(20)2)31(35)27(30(32(36)37)24-12-15-28-29(18-24)34-39-33-28)17-22-9-13-26(14-10-22)38-19-23-6-4-3-5-7-23;/h3-16,18H,17,19H2,1-2H3,(H,36,37);/q;+1/p-1. The van der Waals surface area contributed by atoms with E-state index in [1.54, 1.807) is 30.3 Å². The minimum atomic E-state index is -1.42. The van der Waals surface area contributed by atoms with Gasteiger partial charge in [0, 0.05) is 23.1 Å². The Bertz CT molecular complexity index is 1700. The number of ketones is 1. The molecule has 1 heterocycles. The first-order valence-electron chi connectivity index (χ1n) is 12.4. The van der Waals surface area contributed by atoms with Gasteiger partial charge in [-0.05, 0) is 72.0 Å². The second-order valence-electron chi connectivity index (χ2n) is 9.33. The number of aliphatic carboxylic acids is 1. The van der Waals surface area contributed by atoms with Gasteiger partial charge in [-0.15, -0.1) is 0 Å². The summed E-state index contributed by atoms with van der Waals surface area (Å²) >= 11 is 1.04. The zero-order valence-electron chi connectivity index (χ0n) is 22.5. The monoisotopic (exact) mass is 556 g/mol. The van der Waals surface area contributed by atoms with Gasteiger partial charge in [0.25, 0.3) is 0 Å². The van der Waals surface area contributed by atoms with Gasteiger partial charge in [0.05, 0.1) is 17.7 Å². The molecule has 8 heteroatoms. The Hall–Kier alpha value is -3.62. The number of carboxylic acid groups (broad SMARTS) is 1. The average Bonchev–Trinajstić information content (AvgIpc) is 3.42. The molecule has 0 unspecified atom stereocenters. The van der Waals surface area contributed by atoms with Gasteiger partial charge in [0.15, 0.2) is 5.78 Å². The quantitative estimate of drug-likeness (QED) is 0.157. The van der Waals surface area contributed by atoms with Crippen molar-refractivity contribution in [2.75, 3.05) is 0 Å². The molecule has 40 heavy (non-hydrogen) atoms. The first kappa shape index (κ1) is 29.4. The molecule has 0 radical (unpaired) electrons. The number of carbonyl (C=O) groups excluding carboxylic acids is 2. The molecule has 1 aromatic heterocycles. The van der Waals surface area contributed by atoms with E-state index in [4.69, 9.17) is 4.74 Å². The fourth-order valence-corrected chi connectivity index (χ4v) is 4.86. The number of hydrogen-bond donors (Lipinski definition) is 0. The molecule has 0 atom stereocenters. The van der Waals surface area contributed by atoms with E-state index in [2.05, 4.69) is 8.75 Å². The number of allylic oxidation sites excluding steroid dienone is 1. The molecule has 0 aliphatic carbocycles. The van der Waals surface area contributed by atoms with Crippen molar-refractivity contribution >= 4 is 40.1 Å². The van der Waals surface area contributed by atoms with E-state index >= 15 is 0 Å². The van der Waals surface area contributed by atoms with Gasteiger partial charge in [-0.25, -0.2) is 0 Å². The van der Waals surface area contributed by atoms with Crippen molar-refractivity contribution in [1.82, 2.24) is 8.75 Å². The van der Waals surface area contributed by atoms with Gasteiger partial charge in [0.2, 0.25) is 0 Å². The van der Waals surface area contributed by atoms with E-state index in [-0.39, 0.29) is 52.9 Å². The number of Topliss-reactive ketones (excluding diaryl/α,β-unsaturated/α-hetero) is 1. The van der Waals surface area contributed by atoms with Crippen LogP contribution in [0, 0.1) is 13.8 Å². The largest absolute Gasteiger partial charge is 1.00 e. The van der Waals surface area contributed by atoms with Crippen molar-refractivity contribution in [3.63, 3.8) is 0 Å². The third-order valence-corrected chi connectivity index (χ3v) is 7.20. The number of benzene rings is 4. The number of rotatable bonds is 9. The molecule has 6 nitrogen and oxygen atoms in total. The second-order valence-corrected chi connectivity index (χ2v) is 9.86. The van der Waals surface area contributed by atoms with Crippen LogP contribution in [0.25, 0.3) is 16.6 Å². The number of carboxylic acids is 1. The maximum Gasteiger partial charge on any atom is 1.00 e. The van der Waals surface area contributed by atoms with E-state index in [9.17, 15) is 14.7 Å². The third kappa shape index (κ3) is 6.74. The number of hydrogen-bond acceptors (Lipinski definition) is 7. The first-order chi connectivity index (χ1) is 18.9. The molecule has 0 amide bonds. The van der Waals surface area contributed by atoms with Gasteiger partial charge in [-0.3, -0.25) is 4.79 Å². The molecule has 0 N–H and O–H groups in total. The van der Waals surface area contributed by atoms with Crippen LogP contribution in [0.15, 0.2) is 96.6 Å². The fraction of sp³-hybridized carbons (Fsp3) is 0.125. The van der Waals surface area contributed by atoms with E-state index in [0.29, 0.717) is 34.5 Å². The van der Waals surface area contributed by atoms with Crippen LogP contribution in [-0.4, -0.2) is 20.5 Å². The van der Waals surface area contributed by atoms with Crippen molar-refractivity contribution in [2.45, 2.75) is 26.9 Å². The van der Waals surface area contributed by atoms with Crippen LogP contribution in [0.5, 0.6) is 5.75 Å². The van der Waals surface area contributed by atoms with Gasteiger partial charge in [0.1, 0.15) is 23.4 Å². The second kappa shape index (κ2) is 13.2. The molecule has 0 aliphatic heterocycles. The van der Waals surface area contributed by atoms with Crippen LogP contribution in [0.4, 0.5) is 0 Å². The molecule has 5 rings (SSSR count). The average molecular weight is 557 g/mol. The minimum Gasteiger partial charge on any atom is -0.545 e. The van der Waals surface area contributed by atoms with Gasteiger partial charge in [-0.1, -0.05) is 60.7 Å². The summed E-state index contributed by atoms with van der Waals surface area (Å²) < 4.78 is 14.3.